The fourth-order valence-corrected chi connectivity index (χ4v) is 3.87. The van der Waals surface area contributed by atoms with Gasteiger partial charge in [-0.1, -0.05) is 31.5 Å². The van der Waals surface area contributed by atoms with Crippen LogP contribution < -0.4 is 5.32 Å². The van der Waals surface area contributed by atoms with Gasteiger partial charge in [-0.3, -0.25) is 14.6 Å². The Hall–Kier alpha value is -1.82. The number of anilines is 1. The van der Waals surface area contributed by atoms with E-state index in [1.807, 2.05) is 24.3 Å². The lowest BCUT2D eigenvalue weighted by Crippen LogP contribution is -2.48. The Morgan fingerprint density at radius 3 is 2.48 bits per heavy atom. The molecule has 6 heteroatoms. The lowest BCUT2D eigenvalue weighted by Gasteiger charge is -2.33. The predicted octanol–water partition coefficient (Wildman–Crippen LogP) is 3.81. The molecule has 1 N–H and O–H groups in total. The van der Waals surface area contributed by atoms with Crippen LogP contribution >= 0.6 is 11.6 Å². The molecule has 1 aromatic carbocycles. The first-order valence-electron chi connectivity index (χ1n) is 9.67. The van der Waals surface area contributed by atoms with Crippen molar-refractivity contribution in [1.29, 1.82) is 0 Å². The third-order valence-electron chi connectivity index (χ3n) is 5.13. The van der Waals surface area contributed by atoms with Gasteiger partial charge in [-0.15, -0.1) is 0 Å². The Kier molecular flexibility index (Phi) is 6.94. The molecule has 0 saturated carbocycles. The van der Waals surface area contributed by atoms with Gasteiger partial charge >= 0.3 is 0 Å². The second kappa shape index (κ2) is 9.40. The molecule has 0 unspecified atom stereocenters. The number of rotatable bonds is 7. The number of aryl methyl sites for hydroxylation is 1. The molecule has 146 valence electrons. The molecular formula is C21H28ClN3O2. The molecule has 0 radical (unpaired) electrons. The summed E-state index contributed by atoms with van der Waals surface area (Å²) in [5.74, 6) is 1.02. The van der Waals surface area contributed by atoms with E-state index in [2.05, 4.69) is 29.0 Å². The van der Waals surface area contributed by atoms with Crippen LogP contribution in [-0.2, 0) is 24.2 Å². The number of carbonyl (C=O) groups is 1. The Labute approximate surface area is 166 Å². The Bertz CT molecular complexity index is 753. The zero-order chi connectivity index (χ0) is 19.2. The van der Waals surface area contributed by atoms with Crippen LogP contribution in [0.15, 0.2) is 34.9 Å². The van der Waals surface area contributed by atoms with E-state index in [0.29, 0.717) is 6.54 Å². The van der Waals surface area contributed by atoms with E-state index in [4.69, 9.17) is 16.0 Å². The van der Waals surface area contributed by atoms with Gasteiger partial charge < -0.3 is 9.73 Å². The van der Waals surface area contributed by atoms with Crippen molar-refractivity contribution in [2.75, 3.05) is 38.0 Å². The molecule has 5 nitrogen and oxygen atoms in total. The second-order valence-electron chi connectivity index (χ2n) is 6.95. The van der Waals surface area contributed by atoms with E-state index >= 15 is 0 Å². The quantitative estimate of drug-likeness (QED) is 0.782. The molecular weight excluding hydrogens is 362 g/mol. The molecule has 0 bridgehead atoms. The van der Waals surface area contributed by atoms with Crippen LogP contribution in [0.4, 0.5) is 5.69 Å². The monoisotopic (exact) mass is 389 g/mol. The summed E-state index contributed by atoms with van der Waals surface area (Å²) in [7, 11) is 0. The Morgan fingerprint density at radius 1 is 1.11 bits per heavy atom. The SMILES string of the molecule is CCc1ccc(Cl)c(CC)c1NC(=O)CN1CCN(Cc2ccco2)CC1. The summed E-state index contributed by atoms with van der Waals surface area (Å²) < 4.78 is 5.42. The molecule has 2 heterocycles. The molecule has 1 fully saturated rings. The molecule has 0 atom stereocenters. The highest BCUT2D eigenvalue weighted by Crippen LogP contribution is 2.29. The lowest BCUT2D eigenvalue weighted by molar-refractivity contribution is -0.117. The normalized spacial score (nSPS) is 15.8. The number of nitrogens with one attached hydrogen (secondary N) is 1. The number of benzene rings is 1. The average Bonchev–Trinajstić information content (AvgIpc) is 3.17. The molecule has 3 rings (SSSR count). The van der Waals surface area contributed by atoms with Crippen molar-refractivity contribution in [3.63, 3.8) is 0 Å². The zero-order valence-electron chi connectivity index (χ0n) is 16.1. The molecule has 0 spiro atoms. The minimum atomic E-state index is 0.0288. The van der Waals surface area contributed by atoms with Crippen molar-refractivity contribution in [3.8, 4) is 0 Å². The second-order valence-corrected chi connectivity index (χ2v) is 7.35. The molecule has 1 aliphatic rings. The number of furan rings is 1. The number of hydrogen-bond donors (Lipinski definition) is 1. The van der Waals surface area contributed by atoms with Gasteiger partial charge in [0.2, 0.25) is 5.91 Å². The van der Waals surface area contributed by atoms with Crippen molar-refractivity contribution < 1.29 is 9.21 Å². The van der Waals surface area contributed by atoms with Gasteiger partial charge in [0.1, 0.15) is 5.76 Å². The van der Waals surface area contributed by atoms with E-state index in [9.17, 15) is 4.79 Å². The van der Waals surface area contributed by atoms with Crippen LogP contribution in [0, 0.1) is 0 Å². The summed E-state index contributed by atoms with van der Waals surface area (Å²) in [4.78, 5) is 17.2. The van der Waals surface area contributed by atoms with Crippen LogP contribution in [0.2, 0.25) is 5.02 Å². The van der Waals surface area contributed by atoms with Crippen LogP contribution in [0.5, 0.6) is 0 Å². The van der Waals surface area contributed by atoms with Gasteiger partial charge in [-0.25, -0.2) is 0 Å². The van der Waals surface area contributed by atoms with Crippen LogP contribution in [0.1, 0.15) is 30.7 Å². The van der Waals surface area contributed by atoms with Crippen molar-refractivity contribution in [2.45, 2.75) is 33.2 Å². The standard InChI is InChI=1S/C21H28ClN3O2/c1-3-16-7-8-19(22)18(4-2)21(16)23-20(26)15-25-11-9-24(10-12-25)14-17-6-5-13-27-17/h5-8,13H,3-4,9-12,14-15H2,1-2H3,(H,23,26). The average molecular weight is 390 g/mol. The van der Waals surface area contributed by atoms with Crippen molar-refractivity contribution >= 4 is 23.2 Å². The summed E-state index contributed by atoms with van der Waals surface area (Å²) in [5, 5.41) is 3.84. The van der Waals surface area contributed by atoms with Crippen LogP contribution in [-0.4, -0.2) is 48.4 Å². The lowest BCUT2D eigenvalue weighted by atomic mass is 10.0. The van der Waals surface area contributed by atoms with Gasteiger partial charge in [-0.2, -0.15) is 0 Å². The molecule has 1 saturated heterocycles. The van der Waals surface area contributed by atoms with Gasteiger partial charge in [-0.05, 0) is 42.2 Å². The van der Waals surface area contributed by atoms with Crippen LogP contribution in [0.25, 0.3) is 0 Å². The van der Waals surface area contributed by atoms with E-state index < -0.39 is 0 Å². The van der Waals surface area contributed by atoms with Crippen molar-refractivity contribution in [3.05, 3.63) is 52.4 Å². The van der Waals surface area contributed by atoms with Gasteiger partial charge in [0.15, 0.2) is 0 Å². The molecule has 0 aliphatic carbocycles. The number of nitrogens with zero attached hydrogens (tertiary/aromatic N) is 2. The minimum absolute atomic E-state index is 0.0288. The first kappa shape index (κ1) is 19.9. The summed E-state index contributed by atoms with van der Waals surface area (Å²) in [5.41, 5.74) is 3.05. The number of carbonyl (C=O) groups excluding carboxylic acids is 1. The van der Waals surface area contributed by atoms with E-state index in [1.54, 1.807) is 6.26 Å². The zero-order valence-corrected chi connectivity index (χ0v) is 16.9. The first-order chi connectivity index (χ1) is 13.1. The predicted molar refractivity (Wildman–Crippen MR) is 109 cm³/mol. The number of amides is 1. The van der Waals surface area contributed by atoms with Gasteiger partial charge in [0.05, 0.1) is 19.4 Å². The Balaban J connectivity index is 1.54. The summed E-state index contributed by atoms with van der Waals surface area (Å²) in [6, 6.07) is 7.85. The molecule has 27 heavy (non-hydrogen) atoms. The molecule has 1 aromatic heterocycles. The maximum atomic E-state index is 12.6. The third kappa shape index (κ3) is 5.12. The largest absolute Gasteiger partial charge is 0.468 e. The highest BCUT2D eigenvalue weighted by Gasteiger charge is 2.21. The molecule has 2 aromatic rings. The highest BCUT2D eigenvalue weighted by molar-refractivity contribution is 6.32. The van der Waals surface area contributed by atoms with Gasteiger partial charge in [0.25, 0.3) is 0 Å². The molecule has 1 amide bonds. The first-order valence-corrected chi connectivity index (χ1v) is 10.1. The van der Waals surface area contributed by atoms with Crippen LogP contribution in [0.3, 0.4) is 0 Å². The fraction of sp³-hybridized carbons (Fsp3) is 0.476. The fourth-order valence-electron chi connectivity index (χ4n) is 3.58. The number of piperazine rings is 1. The van der Waals surface area contributed by atoms with Crippen molar-refractivity contribution in [1.82, 2.24) is 9.80 Å². The van der Waals surface area contributed by atoms with Crippen molar-refractivity contribution in [2.24, 2.45) is 0 Å². The smallest absolute Gasteiger partial charge is 0.238 e. The van der Waals surface area contributed by atoms with E-state index in [0.717, 1.165) is 73.2 Å². The summed E-state index contributed by atoms with van der Waals surface area (Å²) in [6.45, 7) is 9.03. The summed E-state index contributed by atoms with van der Waals surface area (Å²) in [6.07, 6.45) is 3.37. The maximum Gasteiger partial charge on any atom is 0.238 e. The van der Waals surface area contributed by atoms with E-state index in [1.165, 1.54) is 0 Å². The Morgan fingerprint density at radius 2 is 1.85 bits per heavy atom. The topological polar surface area (TPSA) is 48.7 Å². The van der Waals surface area contributed by atoms with E-state index in [-0.39, 0.29) is 5.91 Å². The van der Waals surface area contributed by atoms with Gasteiger partial charge in [0, 0.05) is 36.9 Å². The molecule has 1 aliphatic heterocycles. The number of halogens is 1. The maximum absolute atomic E-state index is 12.6. The summed E-state index contributed by atoms with van der Waals surface area (Å²) >= 11 is 6.33. The third-order valence-corrected chi connectivity index (χ3v) is 5.49. The number of hydrogen-bond acceptors (Lipinski definition) is 4. The highest BCUT2D eigenvalue weighted by atomic mass is 35.5. The minimum Gasteiger partial charge on any atom is -0.468 e.